The van der Waals surface area contributed by atoms with Crippen molar-refractivity contribution in [3.8, 4) is 0 Å². The fourth-order valence-corrected chi connectivity index (χ4v) is 2.59. The summed E-state index contributed by atoms with van der Waals surface area (Å²) in [7, 11) is 0. The van der Waals surface area contributed by atoms with Gasteiger partial charge >= 0.3 is 0 Å². The SMILES string of the molecule is CCCC1CC1NC(=NCC1CCCO1)NCC.I. The summed E-state index contributed by atoms with van der Waals surface area (Å²) in [5.74, 6) is 1.83. The molecule has 3 unspecified atom stereocenters. The summed E-state index contributed by atoms with van der Waals surface area (Å²) >= 11 is 0. The average molecular weight is 381 g/mol. The van der Waals surface area contributed by atoms with Crippen LogP contribution in [0.15, 0.2) is 4.99 Å². The Kier molecular flexibility index (Phi) is 8.06. The van der Waals surface area contributed by atoms with Gasteiger partial charge < -0.3 is 15.4 Å². The summed E-state index contributed by atoms with van der Waals surface area (Å²) in [5, 5.41) is 6.86. The molecule has 3 atom stereocenters. The van der Waals surface area contributed by atoms with Gasteiger partial charge in [0.05, 0.1) is 12.6 Å². The maximum atomic E-state index is 5.60. The Labute approximate surface area is 134 Å². The average Bonchev–Trinajstić information content (AvgIpc) is 2.90. The van der Waals surface area contributed by atoms with Crippen molar-refractivity contribution in [3.05, 3.63) is 0 Å². The van der Waals surface area contributed by atoms with E-state index in [4.69, 9.17) is 4.74 Å². The van der Waals surface area contributed by atoms with Crippen LogP contribution in [-0.2, 0) is 4.74 Å². The van der Waals surface area contributed by atoms with Crippen LogP contribution in [0.1, 0.15) is 46.0 Å². The number of halogens is 1. The number of nitrogens with one attached hydrogen (secondary N) is 2. The highest BCUT2D eigenvalue weighted by Gasteiger charge is 2.36. The molecule has 4 nitrogen and oxygen atoms in total. The van der Waals surface area contributed by atoms with Gasteiger partial charge in [0.2, 0.25) is 0 Å². The highest BCUT2D eigenvalue weighted by molar-refractivity contribution is 14.0. The molecule has 0 spiro atoms. The van der Waals surface area contributed by atoms with E-state index in [0.29, 0.717) is 12.1 Å². The minimum Gasteiger partial charge on any atom is -0.376 e. The minimum atomic E-state index is 0. The lowest BCUT2D eigenvalue weighted by atomic mass is 10.2. The van der Waals surface area contributed by atoms with Gasteiger partial charge in [-0.05, 0) is 38.5 Å². The lowest BCUT2D eigenvalue weighted by Gasteiger charge is -2.12. The molecule has 19 heavy (non-hydrogen) atoms. The number of nitrogens with zero attached hydrogens (tertiary/aromatic N) is 1. The second-order valence-electron chi connectivity index (χ2n) is 5.39. The van der Waals surface area contributed by atoms with E-state index in [2.05, 4.69) is 29.5 Å². The van der Waals surface area contributed by atoms with E-state index in [1.165, 1.54) is 25.7 Å². The van der Waals surface area contributed by atoms with E-state index in [1.54, 1.807) is 0 Å². The second kappa shape index (κ2) is 9.00. The molecule has 1 aliphatic heterocycles. The fraction of sp³-hybridized carbons (Fsp3) is 0.929. The zero-order chi connectivity index (χ0) is 12.8. The molecule has 2 N–H and O–H groups in total. The molecular formula is C14H28IN3O. The number of rotatable bonds is 6. The first-order valence-corrected chi connectivity index (χ1v) is 7.50. The Bertz CT molecular complexity index is 280. The Hall–Kier alpha value is -0.0400. The van der Waals surface area contributed by atoms with Crippen LogP contribution in [0.2, 0.25) is 0 Å². The maximum absolute atomic E-state index is 5.60. The van der Waals surface area contributed by atoms with E-state index in [9.17, 15) is 0 Å². The van der Waals surface area contributed by atoms with Gasteiger partial charge in [-0.1, -0.05) is 13.3 Å². The molecule has 0 aromatic carbocycles. The van der Waals surface area contributed by atoms with Gasteiger partial charge in [0.15, 0.2) is 5.96 Å². The highest BCUT2D eigenvalue weighted by Crippen LogP contribution is 2.34. The second-order valence-corrected chi connectivity index (χ2v) is 5.39. The van der Waals surface area contributed by atoms with Crippen LogP contribution in [0.5, 0.6) is 0 Å². The number of hydrogen-bond donors (Lipinski definition) is 2. The quantitative estimate of drug-likeness (QED) is 0.422. The molecule has 0 radical (unpaired) electrons. The van der Waals surface area contributed by atoms with Gasteiger partial charge in [-0.25, -0.2) is 0 Å². The molecule has 0 aromatic heterocycles. The molecule has 2 aliphatic rings. The van der Waals surface area contributed by atoms with Crippen molar-refractivity contribution < 1.29 is 4.74 Å². The predicted octanol–water partition coefficient (Wildman–Crippen LogP) is 2.53. The monoisotopic (exact) mass is 381 g/mol. The third-order valence-corrected chi connectivity index (χ3v) is 3.73. The van der Waals surface area contributed by atoms with Crippen molar-refractivity contribution in [2.45, 2.75) is 58.1 Å². The molecule has 112 valence electrons. The number of hydrogen-bond acceptors (Lipinski definition) is 2. The zero-order valence-corrected chi connectivity index (χ0v) is 14.5. The van der Waals surface area contributed by atoms with Gasteiger partial charge in [0.1, 0.15) is 0 Å². The summed E-state index contributed by atoms with van der Waals surface area (Å²) in [6, 6.07) is 0.646. The third-order valence-electron chi connectivity index (χ3n) is 3.73. The summed E-state index contributed by atoms with van der Waals surface area (Å²) in [5.41, 5.74) is 0. The van der Waals surface area contributed by atoms with E-state index >= 15 is 0 Å². The lowest BCUT2D eigenvalue weighted by molar-refractivity contribution is 0.117. The van der Waals surface area contributed by atoms with Crippen molar-refractivity contribution in [1.82, 2.24) is 10.6 Å². The Morgan fingerprint density at radius 1 is 1.37 bits per heavy atom. The highest BCUT2D eigenvalue weighted by atomic mass is 127. The van der Waals surface area contributed by atoms with Crippen LogP contribution in [-0.4, -0.2) is 37.8 Å². The van der Waals surface area contributed by atoms with Crippen LogP contribution >= 0.6 is 24.0 Å². The fourth-order valence-electron chi connectivity index (χ4n) is 2.59. The normalized spacial score (nSPS) is 29.8. The van der Waals surface area contributed by atoms with Crippen LogP contribution in [0.25, 0.3) is 0 Å². The van der Waals surface area contributed by atoms with Crippen LogP contribution < -0.4 is 10.6 Å². The Morgan fingerprint density at radius 3 is 2.84 bits per heavy atom. The van der Waals surface area contributed by atoms with Crippen molar-refractivity contribution in [3.63, 3.8) is 0 Å². The number of guanidine groups is 1. The van der Waals surface area contributed by atoms with Gasteiger partial charge in [-0.3, -0.25) is 4.99 Å². The topological polar surface area (TPSA) is 45.7 Å². The molecule has 5 heteroatoms. The summed E-state index contributed by atoms with van der Waals surface area (Å²) < 4.78 is 5.60. The first-order chi connectivity index (χ1) is 8.83. The molecule has 0 bridgehead atoms. The van der Waals surface area contributed by atoms with Crippen molar-refractivity contribution in [1.29, 1.82) is 0 Å². The molecular weight excluding hydrogens is 353 g/mol. The smallest absolute Gasteiger partial charge is 0.191 e. The Balaban J connectivity index is 0.00000180. The first-order valence-electron chi connectivity index (χ1n) is 7.50. The first kappa shape index (κ1) is 17.0. The van der Waals surface area contributed by atoms with E-state index in [0.717, 1.165) is 38.0 Å². The third kappa shape index (κ3) is 5.85. The van der Waals surface area contributed by atoms with E-state index < -0.39 is 0 Å². The number of aliphatic imine (C=N–C) groups is 1. The molecule has 0 aromatic rings. The molecule has 1 saturated carbocycles. The van der Waals surface area contributed by atoms with Gasteiger partial charge in [0, 0.05) is 19.2 Å². The van der Waals surface area contributed by atoms with E-state index in [1.807, 2.05) is 0 Å². The summed E-state index contributed by atoms with van der Waals surface area (Å²) in [6.07, 6.45) is 6.61. The predicted molar refractivity (Wildman–Crippen MR) is 90.3 cm³/mol. The van der Waals surface area contributed by atoms with Crippen molar-refractivity contribution >= 4 is 29.9 Å². The summed E-state index contributed by atoms with van der Waals surface area (Å²) in [4.78, 5) is 4.64. The lowest BCUT2D eigenvalue weighted by Crippen LogP contribution is -2.39. The van der Waals surface area contributed by atoms with Gasteiger partial charge in [-0.15, -0.1) is 24.0 Å². The molecule has 1 saturated heterocycles. The molecule has 0 amide bonds. The zero-order valence-electron chi connectivity index (χ0n) is 12.2. The minimum absolute atomic E-state index is 0. The van der Waals surface area contributed by atoms with Gasteiger partial charge in [0.25, 0.3) is 0 Å². The molecule has 1 heterocycles. The van der Waals surface area contributed by atoms with Crippen LogP contribution in [0.3, 0.4) is 0 Å². The van der Waals surface area contributed by atoms with Crippen LogP contribution in [0, 0.1) is 5.92 Å². The van der Waals surface area contributed by atoms with E-state index in [-0.39, 0.29) is 24.0 Å². The number of ether oxygens (including phenoxy) is 1. The van der Waals surface area contributed by atoms with Gasteiger partial charge in [-0.2, -0.15) is 0 Å². The summed E-state index contributed by atoms with van der Waals surface area (Å²) in [6.45, 7) is 6.99. The van der Waals surface area contributed by atoms with Crippen LogP contribution in [0.4, 0.5) is 0 Å². The molecule has 1 aliphatic carbocycles. The Morgan fingerprint density at radius 2 is 2.21 bits per heavy atom. The standard InChI is InChI=1S/C14H27N3O.HI/c1-3-6-11-9-13(11)17-14(15-4-2)16-10-12-7-5-8-18-12;/h11-13H,3-10H2,1-2H3,(H2,15,16,17);1H. The van der Waals surface area contributed by atoms with Crippen molar-refractivity contribution in [2.75, 3.05) is 19.7 Å². The molecule has 2 rings (SSSR count). The largest absolute Gasteiger partial charge is 0.376 e. The van der Waals surface area contributed by atoms with Crippen molar-refractivity contribution in [2.24, 2.45) is 10.9 Å². The molecule has 2 fully saturated rings. The maximum Gasteiger partial charge on any atom is 0.191 e.